The van der Waals surface area contributed by atoms with Crippen molar-refractivity contribution in [1.82, 2.24) is 0 Å². The molecular weight excluding hydrogens is 647 g/mol. The Balaban J connectivity index is 1.73. The second kappa shape index (κ2) is 10.5. The van der Waals surface area contributed by atoms with Gasteiger partial charge in [0.15, 0.2) is 6.61 Å². The van der Waals surface area contributed by atoms with Gasteiger partial charge in [-0.05, 0) is 92.2 Å². The Morgan fingerprint density at radius 1 is 1.08 bits per heavy atom. The number of esters is 1. The fourth-order valence-electron chi connectivity index (χ4n) is 2.85. The smallest absolute Gasteiger partial charge is 0.306 e. The van der Waals surface area contributed by atoms with Gasteiger partial charge in [0.25, 0.3) is 5.91 Å². The van der Waals surface area contributed by atoms with Crippen molar-refractivity contribution in [3.8, 4) is 0 Å². The van der Waals surface area contributed by atoms with Crippen molar-refractivity contribution in [3.63, 3.8) is 0 Å². The quantitative estimate of drug-likeness (QED) is 0.330. The predicted octanol–water partition coefficient (Wildman–Crippen LogP) is 5.34. The van der Waals surface area contributed by atoms with Crippen LogP contribution < -0.4 is 5.32 Å². The monoisotopic (exact) mass is 667 g/mol. The van der Waals surface area contributed by atoms with Crippen molar-refractivity contribution in [2.24, 2.45) is 5.92 Å². The highest BCUT2D eigenvalue weighted by Crippen LogP contribution is 2.28. The lowest BCUT2D eigenvalue weighted by Crippen LogP contribution is -2.22. The van der Waals surface area contributed by atoms with Gasteiger partial charge in [0, 0.05) is 17.1 Å². The van der Waals surface area contributed by atoms with Crippen molar-refractivity contribution < 1.29 is 14.3 Å². The molecule has 0 atom stereocenters. The van der Waals surface area contributed by atoms with E-state index in [1.165, 1.54) is 32.1 Å². The van der Waals surface area contributed by atoms with E-state index in [1.807, 2.05) is 12.1 Å². The summed E-state index contributed by atoms with van der Waals surface area (Å²) in [5.74, 6) is 0.0795. The zero-order chi connectivity index (χ0) is 17.5. The highest BCUT2D eigenvalue weighted by Gasteiger charge is 2.16. The molecule has 1 aliphatic rings. The Labute approximate surface area is 183 Å². The molecule has 4 nitrogen and oxygen atoms in total. The standard InChI is InChI=1S/C17H20I3NO3/c18-12-8-13(19)17(14(20)9-12)21-15(22)10-24-16(23)7-6-11-4-2-1-3-5-11/h8-9,11H,1-7,10H2,(H,21,22). The van der Waals surface area contributed by atoms with Crippen LogP contribution in [0.3, 0.4) is 0 Å². The van der Waals surface area contributed by atoms with Gasteiger partial charge in [0.05, 0.1) is 5.69 Å². The molecule has 1 aliphatic carbocycles. The van der Waals surface area contributed by atoms with Crippen LogP contribution in [0.1, 0.15) is 44.9 Å². The molecule has 0 bridgehead atoms. The van der Waals surface area contributed by atoms with E-state index in [0.717, 1.165) is 22.8 Å². The van der Waals surface area contributed by atoms with E-state index in [2.05, 4.69) is 73.1 Å². The van der Waals surface area contributed by atoms with Gasteiger partial charge in [-0.3, -0.25) is 9.59 Å². The second-order valence-electron chi connectivity index (χ2n) is 6.00. The van der Waals surface area contributed by atoms with Crippen molar-refractivity contribution in [3.05, 3.63) is 22.8 Å². The first-order chi connectivity index (χ1) is 11.5. The molecule has 1 saturated carbocycles. The van der Waals surface area contributed by atoms with Crippen LogP contribution in [-0.2, 0) is 14.3 Å². The maximum atomic E-state index is 12.0. The first-order valence-corrected chi connectivity index (χ1v) is 11.3. The third-order valence-corrected chi connectivity index (χ3v) is 6.44. The number of nitrogens with one attached hydrogen (secondary N) is 1. The SMILES string of the molecule is O=C(COC(=O)CCC1CCCCC1)Nc1c(I)cc(I)cc1I. The van der Waals surface area contributed by atoms with Crippen LogP contribution in [-0.4, -0.2) is 18.5 Å². The number of ether oxygens (including phenoxy) is 1. The zero-order valence-electron chi connectivity index (χ0n) is 13.2. The third-order valence-electron chi connectivity index (χ3n) is 4.12. The summed E-state index contributed by atoms with van der Waals surface area (Å²) in [6.07, 6.45) is 7.60. The number of benzene rings is 1. The highest BCUT2D eigenvalue weighted by molar-refractivity contribution is 14.1. The normalized spacial score (nSPS) is 15.1. The number of carbonyl (C=O) groups excluding carboxylic acids is 2. The Kier molecular flexibility index (Phi) is 9.03. The first-order valence-electron chi connectivity index (χ1n) is 8.05. The summed E-state index contributed by atoms with van der Waals surface area (Å²) in [6.45, 7) is -0.221. The van der Waals surface area contributed by atoms with Gasteiger partial charge in [-0.15, -0.1) is 0 Å². The number of amides is 1. The number of rotatable bonds is 6. The van der Waals surface area contributed by atoms with Gasteiger partial charge in [0.1, 0.15) is 0 Å². The van der Waals surface area contributed by atoms with Gasteiger partial charge < -0.3 is 10.1 Å². The summed E-state index contributed by atoms with van der Waals surface area (Å²) >= 11 is 6.63. The van der Waals surface area contributed by atoms with Gasteiger partial charge in [-0.1, -0.05) is 32.1 Å². The zero-order valence-corrected chi connectivity index (χ0v) is 19.7. The minimum Gasteiger partial charge on any atom is -0.456 e. The lowest BCUT2D eigenvalue weighted by atomic mass is 9.86. The average molecular weight is 667 g/mol. The van der Waals surface area contributed by atoms with Gasteiger partial charge in [-0.2, -0.15) is 0 Å². The molecule has 0 heterocycles. The maximum absolute atomic E-state index is 12.0. The van der Waals surface area contributed by atoms with Crippen LogP contribution >= 0.6 is 67.8 Å². The number of hydrogen-bond donors (Lipinski definition) is 1. The largest absolute Gasteiger partial charge is 0.456 e. The van der Waals surface area contributed by atoms with Crippen LogP contribution in [0, 0.1) is 16.6 Å². The maximum Gasteiger partial charge on any atom is 0.306 e. The van der Waals surface area contributed by atoms with E-state index in [0.29, 0.717) is 12.3 Å². The Morgan fingerprint density at radius 2 is 1.71 bits per heavy atom. The summed E-state index contributed by atoms with van der Waals surface area (Å²) in [7, 11) is 0. The minimum absolute atomic E-state index is 0.221. The van der Waals surface area contributed by atoms with Crippen LogP contribution in [0.15, 0.2) is 12.1 Å². The molecule has 0 radical (unpaired) electrons. The molecule has 1 amide bonds. The third kappa shape index (κ3) is 6.93. The fraction of sp³-hybridized carbons (Fsp3) is 0.529. The lowest BCUT2D eigenvalue weighted by Gasteiger charge is -2.20. The Bertz CT molecular complexity index is 578. The molecule has 132 valence electrons. The van der Waals surface area contributed by atoms with Gasteiger partial charge >= 0.3 is 5.97 Å². The number of hydrogen-bond acceptors (Lipinski definition) is 3. The van der Waals surface area contributed by atoms with E-state index in [1.54, 1.807) is 0 Å². The Hall–Kier alpha value is 0.350. The highest BCUT2D eigenvalue weighted by atomic mass is 127. The van der Waals surface area contributed by atoms with Crippen molar-refractivity contribution in [1.29, 1.82) is 0 Å². The molecule has 7 heteroatoms. The van der Waals surface area contributed by atoms with E-state index in [-0.39, 0.29) is 18.5 Å². The average Bonchev–Trinajstić information content (AvgIpc) is 2.55. The lowest BCUT2D eigenvalue weighted by molar-refractivity contribution is -0.147. The number of halogens is 3. The molecule has 1 N–H and O–H groups in total. The van der Waals surface area contributed by atoms with Crippen LogP contribution in [0.4, 0.5) is 5.69 Å². The minimum atomic E-state index is -0.293. The molecule has 2 rings (SSSR count). The van der Waals surface area contributed by atoms with E-state index in [4.69, 9.17) is 4.74 Å². The molecule has 1 aromatic carbocycles. The number of anilines is 1. The van der Waals surface area contributed by atoms with Crippen molar-refractivity contribution in [2.75, 3.05) is 11.9 Å². The summed E-state index contributed by atoms with van der Waals surface area (Å²) in [6, 6.07) is 3.99. The van der Waals surface area contributed by atoms with Crippen molar-refractivity contribution in [2.45, 2.75) is 44.9 Å². The summed E-state index contributed by atoms with van der Waals surface area (Å²) < 4.78 is 8.18. The second-order valence-corrected chi connectivity index (χ2v) is 9.57. The topological polar surface area (TPSA) is 55.4 Å². The molecule has 0 aromatic heterocycles. The summed E-state index contributed by atoms with van der Waals surface area (Å²) in [4.78, 5) is 23.8. The first kappa shape index (κ1) is 20.7. The molecule has 0 spiro atoms. The van der Waals surface area contributed by atoms with Crippen LogP contribution in [0.25, 0.3) is 0 Å². The van der Waals surface area contributed by atoms with Crippen molar-refractivity contribution >= 4 is 85.3 Å². The number of carbonyl (C=O) groups is 2. The van der Waals surface area contributed by atoms with E-state index in [9.17, 15) is 9.59 Å². The molecule has 0 saturated heterocycles. The predicted molar refractivity (Wildman–Crippen MR) is 120 cm³/mol. The van der Waals surface area contributed by atoms with E-state index < -0.39 is 0 Å². The van der Waals surface area contributed by atoms with Crippen LogP contribution in [0.2, 0.25) is 0 Å². The van der Waals surface area contributed by atoms with Gasteiger partial charge in [-0.25, -0.2) is 0 Å². The molecule has 24 heavy (non-hydrogen) atoms. The molecular formula is C17H20I3NO3. The molecule has 1 aromatic rings. The van der Waals surface area contributed by atoms with Crippen LogP contribution in [0.5, 0.6) is 0 Å². The molecule has 1 fully saturated rings. The summed E-state index contributed by atoms with van der Waals surface area (Å²) in [5, 5.41) is 2.83. The molecule has 0 unspecified atom stereocenters. The molecule has 0 aliphatic heterocycles. The van der Waals surface area contributed by atoms with Gasteiger partial charge in [0.2, 0.25) is 0 Å². The Morgan fingerprint density at radius 3 is 2.33 bits per heavy atom. The fourth-order valence-corrected chi connectivity index (χ4v) is 6.71. The summed E-state index contributed by atoms with van der Waals surface area (Å²) in [5.41, 5.74) is 0.778. The van der Waals surface area contributed by atoms with E-state index >= 15 is 0 Å².